The topological polar surface area (TPSA) is 78.3 Å². The molecule has 2 rings (SSSR count). The number of amides is 1. The number of ether oxygens (including phenoxy) is 1. The molecule has 0 aromatic heterocycles. The predicted octanol–water partition coefficient (Wildman–Crippen LogP) is 2.60. The third kappa shape index (κ3) is 3.17. The molecule has 0 saturated carbocycles. The molecule has 0 heterocycles. The molecule has 4 N–H and O–H groups in total. The lowest BCUT2D eigenvalue weighted by molar-refractivity contribution is 0.0996. The van der Waals surface area contributed by atoms with E-state index in [0.29, 0.717) is 22.0 Å². The Morgan fingerprint density at radius 1 is 1.21 bits per heavy atom. The average molecular weight is 277 g/mol. The number of hydrogen-bond donors (Lipinski definition) is 2. The quantitative estimate of drug-likeness (QED) is 0.843. The Morgan fingerprint density at radius 3 is 2.63 bits per heavy atom. The highest BCUT2D eigenvalue weighted by molar-refractivity contribution is 6.31. The van der Waals surface area contributed by atoms with Gasteiger partial charge < -0.3 is 16.2 Å². The predicted molar refractivity (Wildman–Crippen MR) is 75.2 cm³/mol. The molecule has 0 aliphatic carbocycles. The number of carbonyl (C=O) groups excluding carboxylic acids is 1. The van der Waals surface area contributed by atoms with Crippen LogP contribution in [0.1, 0.15) is 15.9 Å². The van der Waals surface area contributed by atoms with Crippen LogP contribution in [0.4, 0.5) is 5.69 Å². The van der Waals surface area contributed by atoms with E-state index in [1.165, 1.54) is 0 Å². The van der Waals surface area contributed by atoms with Crippen molar-refractivity contribution >= 4 is 23.2 Å². The molecule has 5 heteroatoms. The summed E-state index contributed by atoms with van der Waals surface area (Å²) < 4.78 is 5.58. The van der Waals surface area contributed by atoms with Gasteiger partial charge in [0.25, 0.3) is 5.91 Å². The summed E-state index contributed by atoms with van der Waals surface area (Å²) in [5.74, 6) is -0.207. The largest absolute Gasteiger partial charge is 0.488 e. The molecule has 0 saturated heterocycles. The SMILES string of the molecule is NC(=O)c1ccc(N)cc1OCc1ccccc1Cl. The molecule has 0 aliphatic rings. The number of halogens is 1. The zero-order valence-electron chi connectivity index (χ0n) is 10.1. The maximum atomic E-state index is 11.3. The van der Waals surface area contributed by atoms with Gasteiger partial charge in [0.2, 0.25) is 0 Å². The lowest BCUT2D eigenvalue weighted by Gasteiger charge is -2.11. The molecule has 0 spiro atoms. The molecule has 0 fully saturated rings. The number of hydrogen-bond acceptors (Lipinski definition) is 3. The highest BCUT2D eigenvalue weighted by Crippen LogP contribution is 2.24. The average Bonchev–Trinajstić information content (AvgIpc) is 2.37. The van der Waals surface area contributed by atoms with E-state index in [4.69, 9.17) is 27.8 Å². The van der Waals surface area contributed by atoms with Crippen LogP contribution in [-0.4, -0.2) is 5.91 Å². The van der Waals surface area contributed by atoms with Crippen molar-refractivity contribution in [1.29, 1.82) is 0 Å². The van der Waals surface area contributed by atoms with Crippen LogP contribution >= 0.6 is 11.6 Å². The van der Waals surface area contributed by atoms with Crippen LogP contribution < -0.4 is 16.2 Å². The van der Waals surface area contributed by atoms with Gasteiger partial charge in [0.15, 0.2) is 0 Å². The van der Waals surface area contributed by atoms with Crippen molar-refractivity contribution in [1.82, 2.24) is 0 Å². The van der Waals surface area contributed by atoms with Gasteiger partial charge >= 0.3 is 0 Å². The molecule has 0 atom stereocenters. The van der Waals surface area contributed by atoms with Crippen LogP contribution in [0.15, 0.2) is 42.5 Å². The number of carbonyl (C=O) groups is 1. The van der Waals surface area contributed by atoms with Gasteiger partial charge in [-0.15, -0.1) is 0 Å². The van der Waals surface area contributed by atoms with Gasteiger partial charge in [0.05, 0.1) is 5.56 Å². The fourth-order valence-electron chi connectivity index (χ4n) is 1.63. The van der Waals surface area contributed by atoms with Crippen LogP contribution in [0.2, 0.25) is 5.02 Å². The first-order chi connectivity index (χ1) is 9.08. The van der Waals surface area contributed by atoms with E-state index < -0.39 is 5.91 Å². The van der Waals surface area contributed by atoms with Crippen molar-refractivity contribution in [2.24, 2.45) is 5.73 Å². The number of benzene rings is 2. The molecule has 4 nitrogen and oxygen atoms in total. The van der Waals surface area contributed by atoms with Crippen molar-refractivity contribution in [3.05, 3.63) is 58.6 Å². The summed E-state index contributed by atoms with van der Waals surface area (Å²) in [7, 11) is 0. The fraction of sp³-hybridized carbons (Fsp3) is 0.0714. The number of nitrogens with two attached hydrogens (primary N) is 2. The maximum Gasteiger partial charge on any atom is 0.252 e. The molecule has 0 unspecified atom stereocenters. The first kappa shape index (κ1) is 13.2. The monoisotopic (exact) mass is 276 g/mol. The molecule has 1 amide bonds. The second kappa shape index (κ2) is 5.63. The van der Waals surface area contributed by atoms with E-state index in [0.717, 1.165) is 5.56 Å². The van der Waals surface area contributed by atoms with Crippen molar-refractivity contribution in [2.75, 3.05) is 5.73 Å². The van der Waals surface area contributed by atoms with E-state index in [1.54, 1.807) is 24.3 Å². The van der Waals surface area contributed by atoms with Crippen molar-refractivity contribution in [3.63, 3.8) is 0 Å². The molecule has 2 aromatic carbocycles. The Bertz CT molecular complexity index is 614. The summed E-state index contributed by atoms with van der Waals surface area (Å²) in [6.07, 6.45) is 0. The van der Waals surface area contributed by atoms with Crippen LogP contribution in [0.5, 0.6) is 5.75 Å². The summed E-state index contributed by atoms with van der Waals surface area (Å²) in [6, 6.07) is 12.0. The van der Waals surface area contributed by atoms with Crippen LogP contribution in [0.3, 0.4) is 0 Å². The van der Waals surface area contributed by atoms with E-state index in [2.05, 4.69) is 0 Å². The molecule has 0 radical (unpaired) electrons. The highest BCUT2D eigenvalue weighted by Gasteiger charge is 2.10. The van der Waals surface area contributed by atoms with Crippen molar-refractivity contribution in [2.45, 2.75) is 6.61 Å². The Balaban J connectivity index is 2.22. The van der Waals surface area contributed by atoms with Crippen molar-refractivity contribution in [3.8, 4) is 5.75 Å². The zero-order valence-corrected chi connectivity index (χ0v) is 10.9. The minimum Gasteiger partial charge on any atom is -0.488 e. The normalized spacial score (nSPS) is 10.2. The summed E-state index contributed by atoms with van der Waals surface area (Å²) >= 11 is 6.03. The van der Waals surface area contributed by atoms with Gasteiger partial charge in [-0.25, -0.2) is 0 Å². The Morgan fingerprint density at radius 2 is 1.95 bits per heavy atom. The second-order valence-electron chi connectivity index (χ2n) is 4.00. The van der Waals surface area contributed by atoms with E-state index >= 15 is 0 Å². The van der Waals surface area contributed by atoms with Gasteiger partial charge in [-0.1, -0.05) is 29.8 Å². The summed E-state index contributed by atoms with van der Waals surface area (Å²) in [5, 5.41) is 0.604. The summed E-state index contributed by atoms with van der Waals surface area (Å²) in [6.45, 7) is 0.239. The molecule has 19 heavy (non-hydrogen) atoms. The van der Waals surface area contributed by atoms with Crippen LogP contribution in [0, 0.1) is 0 Å². The lowest BCUT2D eigenvalue weighted by Crippen LogP contribution is -2.13. The number of primary amides is 1. The molecule has 2 aromatic rings. The Labute approximate surface area is 115 Å². The Hall–Kier alpha value is -2.20. The van der Waals surface area contributed by atoms with E-state index in [9.17, 15) is 4.79 Å². The minimum atomic E-state index is -0.561. The van der Waals surface area contributed by atoms with Crippen LogP contribution in [-0.2, 0) is 6.61 Å². The molecule has 0 aliphatic heterocycles. The second-order valence-corrected chi connectivity index (χ2v) is 4.41. The maximum absolute atomic E-state index is 11.3. The number of nitrogen functional groups attached to an aromatic ring is 1. The van der Waals surface area contributed by atoms with Gasteiger partial charge in [-0.3, -0.25) is 4.79 Å². The van der Waals surface area contributed by atoms with Gasteiger partial charge in [-0.05, 0) is 18.2 Å². The fourth-order valence-corrected chi connectivity index (χ4v) is 1.82. The molecular weight excluding hydrogens is 264 g/mol. The van der Waals surface area contributed by atoms with E-state index in [1.807, 2.05) is 18.2 Å². The molecule has 98 valence electrons. The smallest absolute Gasteiger partial charge is 0.252 e. The number of rotatable bonds is 4. The zero-order chi connectivity index (χ0) is 13.8. The minimum absolute atomic E-state index is 0.239. The lowest BCUT2D eigenvalue weighted by atomic mass is 10.1. The highest BCUT2D eigenvalue weighted by atomic mass is 35.5. The first-order valence-electron chi connectivity index (χ1n) is 5.63. The Kier molecular flexibility index (Phi) is 3.92. The van der Waals surface area contributed by atoms with Gasteiger partial charge in [0, 0.05) is 22.3 Å². The van der Waals surface area contributed by atoms with E-state index in [-0.39, 0.29) is 6.61 Å². The van der Waals surface area contributed by atoms with Gasteiger partial charge in [-0.2, -0.15) is 0 Å². The van der Waals surface area contributed by atoms with Crippen molar-refractivity contribution < 1.29 is 9.53 Å². The summed E-state index contributed by atoms with van der Waals surface area (Å²) in [5.41, 5.74) is 12.6. The third-order valence-corrected chi connectivity index (χ3v) is 2.98. The standard InChI is InChI=1S/C14H13ClN2O2/c15-12-4-2-1-3-9(12)8-19-13-7-10(16)5-6-11(13)14(17)18/h1-7H,8,16H2,(H2,17,18). The van der Waals surface area contributed by atoms with Crippen LogP contribution in [0.25, 0.3) is 0 Å². The number of anilines is 1. The van der Waals surface area contributed by atoms with Gasteiger partial charge in [0.1, 0.15) is 12.4 Å². The molecule has 0 bridgehead atoms. The third-order valence-electron chi connectivity index (χ3n) is 2.61. The summed E-state index contributed by atoms with van der Waals surface area (Å²) in [4.78, 5) is 11.3. The molecular formula is C14H13ClN2O2. The first-order valence-corrected chi connectivity index (χ1v) is 6.01.